The number of urea groups is 1. The highest BCUT2D eigenvalue weighted by Gasteiger charge is 2.53. The number of carbonyl (C=O) groups excluding carboxylic acids is 3. The van der Waals surface area contributed by atoms with Crippen LogP contribution in [0.3, 0.4) is 0 Å². The summed E-state index contributed by atoms with van der Waals surface area (Å²) in [6, 6.07) is 12.8. The van der Waals surface area contributed by atoms with Gasteiger partial charge in [-0.05, 0) is 42.8 Å². The third kappa shape index (κ3) is 5.41. The highest BCUT2D eigenvalue weighted by atomic mass is 19.1. The van der Waals surface area contributed by atoms with Crippen LogP contribution in [0, 0.1) is 5.82 Å². The van der Waals surface area contributed by atoms with E-state index in [0.717, 1.165) is 5.56 Å². The van der Waals surface area contributed by atoms with Crippen LogP contribution in [0.2, 0.25) is 0 Å². The van der Waals surface area contributed by atoms with Crippen molar-refractivity contribution in [1.29, 1.82) is 0 Å². The molecule has 1 fully saturated rings. The fourth-order valence-electron chi connectivity index (χ4n) is 3.82. The quantitative estimate of drug-likeness (QED) is 0.416. The number of benzene rings is 2. The molecule has 1 aliphatic heterocycles. The van der Waals surface area contributed by atoms with Gasteiger partial charge in [0.2, 0.25) is 0 Å². The monoisotopic (exact) mass is 480 g/mol. The minimum absolute atomic E-state index is 0.0615. The molecule has 2 aliphatic rings. The van der Waals surface area contributed by atoms with Gasteiger partial charge in [0.15, 0.2) is 0 Å². The van der Waals surface area contributed by atoms with Crippen molar-refractivity contribution in [2.24, 2.45) is 0 Å². The summed E-state index contributed by atoms with van der Waals surface area (Å²) in [5.74, 6) is -0.546. The standard InChI is InChI=1S/C26H25FN2O6/c1-2-33-15-14-26(23(30)28-25(32)29-24(26)31)35-19-10-8-18(9-11-19)34-20-12-13-22(27)21(16-20)17-6-4-3-5-7-17/h3-8,10,12-13,16H,2,9,11,14-15H2,1H3,(H2,28,29,30,31,32). The summed E-state index contributed by atoms with van der Waals surface area (Å²) < 4.78 is 31.5. The molecule has 0 radical (unpaired) electrons. The number of hydrogen-bond donors (Lipinski definition) is 2. The predicted molar refractivity (Wildman–Crippen MR) is 124 cm³/mol. The van der Waals surface area contributed by atoms with Gasteiger partial charge < -0.3 is 14.2 Å². The van der Waals surface area contributed by atoms with Crippen LogP contribution in [0.15, 0.2) is 72.2 Å². The fourth-order valence-corrected chi connectivity index (χ4v) is 3.82. The van der Waals surface area contributed by atoms with Gasteiger partial charge in [0.25, 0.3) is 17.4 Å². The van der Waals surface area contributed by atoms with Crippen LogP contribution < -0.4 is 15.4 Å². The van der Waals surface area contributed by atoms with Gasteiger partial charge in [-0.25, -0.2) is 9.18 Å². The van der Waals surface area contributed by atoms with Crippen molar-refractivity contribution < 1.29 is 33.0 Å². The molecular weight excluding hydrogens is 455 g/mol. The van der Waals surface area contributed by atoms with Crippen LogP contribution in [-0.4, -0.2) is 36.7 Å². The molecule has 0 aromatic heterocycles. The Morgan fingerprint density at radius 3 is 2.29 bits per heavy atom. The second-order valence-corrected chi connectivity index (χ2v) is 7.99. The number of nitrogens with one attached hydrogen (secondary N) is 2. The largest absolute Gasteiger partial charge is 0.472 e. The average molecular weight is 480 g/mol. The maximum Gasteiger partial charge on any atom is 0.328 e. The van der Waals surface area contributed by atoms with Crippen LogP contribution >= 0.6 is 0 Å². The third-order valence-electron chi connectivity index (χ3n) is 5.64. The first-order valence-corrected chi connectivity index (χ1v) is 11.3. The molecule has 2 N–H and O–H groups in total. The Kier molecular flexibility index (Phi) is 7.26. The van der Waals surface area contributed by atoms with Gasteiger partial charge in [-0.3, -0.25) is 20.2 Å². The number of carbonyl (C=O) groups is 3. The van der Waals surface area contributed by atoms with E-state index in [-0.39, 0.29) is 18.8 Å². The number of rotatable bonds is 9. The molecule has 182 valence electrons. The highest BCUT2D eigenvalue weighted by molar-refractivity contribution is 6.21. The molecule has 0 spiro atoms. The Bertz CT molecular complexity index is 1170. The highest BCUT2D eigenvalue weighted by Crippen LogP contribution is 2.32. The van der Waals surface area contributed by atoms with Gasteiger partial charge in [-0.2, -0.15) is 0 Å². The first kappa shape index (κ1) is 24.2. The molecule has 0 unspecified atom stereocenters. The van der Waals surface area contributed by atoms with Gasteiger partial charge in [-0.1, -0.05) is 30.3 Å². The zero-order valence-electron chi connectivity index (χ0n) is 19.1. The summed E-state index contributed by atoms with van der Waals surface area (Å²) in [6.45, 7) is 2.29. The summed E-state index contributed by atoms with van der Waals surface area (Å²) >= 11 is 0. The van der Waals surface area contributed by atoms with E-state index >= 15 is 0 Å². The summed E-state index contributed by atoms with van der Waals surface area (Å²) in [5, 5.41) is 4.19. The van der Waals surface area contributed by atoms with Crippen LogP contribution in [0.25, 0.3) is 11.1 Å². The second kappa shape index (κ2) is 10.5. The summed E-state index contributed by atoms with van der Waals surface area (Å²) in [6.07, 6.45) is 4.00. The van der Waals surface area contributed by atoms with Crippen molar-refractivity contribution in [3.05, 3.63) is 78.0 Å². The lowest BCUT2D eigenvalue weighted by molar-refractivity contribution is -0.159. The van der Waals surface area contributed by atoms with E-state index in [2.05, 4.69) is 10.6 Å². The van der Waals surface area contributed by atoms with E-state index in [1.54, 1.807) is 31.2 Å². The van der Waals surface area contributed by atoms with Crippen LogP contribution in [0.4, 0.5) is 9.18 Å². The summed E-state index contributed by atoms with van der Waals surface area (Å²) in [7, 11) is 0. The van der Waals surface area contributed by atoms with Gasteiger partial charge in [0.05, 0.1) is 12.4 Å². The first-order valence-electron chi connectivity index (χ1n) is 11.3. The Morgan fingerprint density at radius 2 is 1.63 bits per heavy atom. The Hall–Kier alpha value is -3.98. The number of amides is 4. The molecule has 0 saturated carbocycles. The zero-order valence-corrected chi connectivity index (χ0v) is 19.1. The third-order valence-corrected chi connectivity index (χ3v) is 5.64. The van der Waals surface area contributed by atoms with E-state index in [1.165, 1.54) is 6.07 Å². The molecule has 0 bridgehead atoms. The van der Waals surface area contributed by atoms with E-state index in [1.807, 2.05) is 30.3 Å². The molecule has 8 nitrogen and oxygen atoms in total. The van der Waals surface area contributed by atoms with E-state index in [9.17, 15) is 18.8 Å². The maximum absolute atomic E-state index is 14.4. The fraction of sp³-hybridized carbons (Fsp3) is 0.269. The lowest BCUT2D eigenvalue weighted by Crippen LogP contribution is -2.68. The van der Waals surface area contributed by atoms with E-state index < -0.39 is 23.4 Å². The maximum atomic E-state index is 14.4. The van der Waals surface area contributed by atoms with Crippen molar-refractivity contribution in [3.8, 4) is 16.9 Å². The Labute approximate surface area is 201 Å². The molecule has 2 aromatic carbocycles. The molecule has 1 heterocycles. The predicted octanol–water partition coefficient (Wildman–Crippen LogP) is 3.98. The number of ether oxygens (including phenoxy) is 3. The van der Waals surface area contributed by atoms with Crippen molar-refractivity contribution in [3.63, 3.8) is 0 Å². The van der Waals surface area contributed by atoms with Crippen LogP contribution in [0.5, 0.6) is 5.75 Å². The molecule has 1 aliphatic carbocycles. The molecular formula is C26H25FN2O6. The van der Waals surface area contributed by atoms with Gasteiger partial charge >= 0.3 is 6.03 Å². The van der Waals surface area contributed by atoms with E-state index in [0.29, 0.717) is 42.3 Å². The zero-order chi connectivity index (χ0) is 24.8. The lowest BCUT2D eigenvalue weighted by atomic mass is 9.95. The van der Waals surface area contributed by atoms with Crippen molar-refractivity contribution in [2.45, 2.75) is 31.8 Å². The minimum Gasteiger partial charge on any atom is -0.472 e. The average Bonchev–Trinajstić information content (AvgIpc) is 2.85. The molecule has 0 atom stereocenters. The van der Waals surface area contributed by atoms with Gasteiger partial charge in [0, 0.05) is 31.4 Å². The van der Waals surface area contributed by atoms with Gasteiger partial charge in [-0.15, -0.1) is 0 Å². The molecule has 4 rings (SSSR count). The first-order chi connectivity index (χ1) is 16.9. The minimum atomic E-state index is -1.91. The number of halogens is 1. The number of allylic oxidation sites excluding steroid dienone is 4. The Morgan fingerprint density at radius 1 is 0.943 bits per heavy atom. The van der Waals surface area contributed by atoms with Crippen LogP contribution in [0.1, 0.15) is 26.2 Å². The summed E-state index contributed by atoms with van der Waals surface area (Å²) in [5.41, 5.74) is -0.745. The van der Waals surface area contributed by atoms with Crippen molar-refractivity contribution in [2.75, 3.05) is 13.2 Å². The van der Waals surface area contributed by atoms with E-state index in [4.69, 9.17) is 14.2 Å². The van der Waals surface area contributed by atoms with Crippen molar-refractivity contribution in [1.82, 2.24) is 10.6 Å². The molecule has 2 aromatic rings. The molecule has 35 heavy (non-hydrogen) atoms. The molecule has 9 heteroatoms. The lowest BCUT2D eigenvalue weighted by Gasteiger charge is -2.35. The topological polar surface area (TPSA) is 103 Å². The smallest absolute Gasteiger partial charge is 0.328 e. The number of hydrogen-bond acceptors (Lipinski definition) is 6. The number of barbiturate groups is 1. The SMILES string of the molecule is CCOCCC1(OC2=CC=C(Oc3ccc(F)c(-c4ccccc4)c3)CC2)C(=O)NC(=O)NC1=O. The second-order valence-electron chi connectivity index (χ2n) is 7.99. The Balaban J connectivity index is 1.50. The van der Waals surface area contributed by atoms with Crippen LogP contribution in [-0.2, 0) is 19.1 Å². The molecule has 4 amide bonds. The van der Waals surface area contributed by atoms with Crippen molar-refractivity contribution >= 4 is 17.8 Å². The summed E-state index contributed by atoms with van der Waals surface area (Å²) in [4.78, 5) is 36.8. The molecule has 1 saturated heterocycles. The number of imide groups is 2. The van der Waals surface area contributed by atoms with Gasteiger partial charge in [0.1, 0.15) is 17.3 Å². The normalized spacial score (nSPS) is 17.1.